The highest BCUT2D eigenvalue weighted by molar-refractivity contribution is 5.89. The summed E-state index contributed by atoms with van der Waals surface area (Å²) in [5.74, 6) is 0. The Hall–Kier alpha value is -2.28. The van der Waals surface area contributed by atoms with E-state index in [1.165, 1.54) is 27.5 Å². The Labute approximate surface area is 107 Å². The zero-order valence-electron chi connectivity index (χ0n) is 10.4. The van der Waals surface area contributed by atoms with Crippen LogP contribution in [0, 0.1) is 6.92 Å². The first-order chi connectivity index (χ1) is 8.74. The van der Waals surface area contributed by atoms with Crippen LogP contribution in [-0.4, -0.2) is 0 Å². The van der Waals surface area contributed by atoms with Gasteiger partial charge in [-0.05, 0) is 52.6 Å². The Morgan fingerprint density at radius 1 is 0.778 bits per heavy atom. The summed E-state index contributed by atoms with van der Waals surface area (Å²) < 4.78 is 0. The lowest BCUT2D eigenvalue weighted by Crippen LogP contribution is -1.85. The van der Waals surface area contributed by atoms with E-state index in [4.69, 9.17) is 5.73 Å². The van der Waals surface area contributed by atoms with Crippen molar-refractivity contribution in [1.82, 2.24) is 0 Å². The van der Waals surface area contributed by atoms with E-state index in [-0.39, 0.29) is 0 Å². The van der Waals surface area contributed by atoms with E-state index < -0.39 is 0 Å². The SMILES string of the molecule is Cc1ccccc1-c1ccc2cc(N)ccc2c1. The van der Waals surface area contributed by atoms with Gasteiger partial charge in [0.1, 0.15) is 0 Å². The number of rotatable bonds is 1. The minimum absolute atomic E-state index is 0.811. The number of hydrogen-bond donors (Lipinski definition) is 1. The Balaban J connectivity index is 2.20. The number of aryl methyl sites for hydroxylation is 1. The molecule has 0 radical (unpaired) electrons. The van der Waals surface area contributed by atoms with E-state index in [9.17, 15) is 0 Å². The average molecular weight is 233 g/mol. The summed E-state index contributed by atoms with van der Waals surface area (Å²) in [5.41, 5.74) is 10.4. The molecule has 88 valence electrons. The fourth-order valence-corrected chi connectivity index (χ4v) is 2.33. The summed E-state index contributed by atoms with van der Waals surface area (Å²) in [6, 6.07) is 21.0. The Kier molecular flexibility index (Phi) is 2.52. The molecule has 3 aromatic rings. The second-order valence-electron chi connectivity index (χ2n) is 4.64. The van der Waals surface area contributed by atoms with E-state index in [2.05, 4.69) is 55.5 Å². The van der Waals surface area contributed by atoms with Gasteiger partial charge in [0.2, 0.25) is 0 Å². The standard InChI is InChI=1S/C17H15N/c1-12-4-2-3-5-17(12)15-7-6-14-11-16(18)9-8-13(14)10-15/h2-11H,18H2,1H3. The zero-order valence-corrected chi connectivity index (χ0v) is 10.4. The van der Waals surface area contributed by atoms with Gasteiger partial charge in [0.05, 0.1) is 0 Å². The van der Waals surface area contributed by atoms with Crippen LogP contribution in [0.3, 0.4) is 0 Å². The van der Waals surface area contributed by atoms with Gasteiger partial charge in [-0.2, -0.15) is 0 Å². The molecule has 0 aliphatic rings. The minimum atomic E-state index is 0.811. The number of hydrogen-bond acceptors (Lipinski definition) is 1. The van der Waals surface area contributed by atoms with Crippen molar-refractivity contribution >= 4 is 16.5 Å². The van der Waals surface area contributed by atoms with Gasteiger partial charge in [-0.3, -0.25) is 0 Å². The normalized spacial score (nSPS) is 10.7. The molecule has 2 N–H and O–H groups in total. The lowest BCUT2D eigenvalue weighted by Gasteiger charge is -2.07. The second-order valence-corrected chi connectivity index (χ2v) is 4.64. The van der Waals surface area contributed by atoms with Crippen molar-refractivity contribution in [3.8, 4) is 11.1 Å². The lowest BCUT2D eigenvalue weighted by molar-refractivity contribution is 1.46. The van der Waals surface area contributed by atoms with Crippen molar-refractivity contribution in [2.45, 2.75) is 6.92 Å². The maximum absolute atomic E-state index is 5.80. The Morgan fingerprint density at radius 3 is 2.33 bits per heavy atom. The molecule has 0 heterocycles. The molecule has 0 saturated heterocycles. The fraction of sp³-hybridized carbons (Fsp3) is 0.0588. The average Bonchev–Trinajstić information content (AvgIpc) is 2.39. The van der Waals surface area contributed by atoms with E-state index in [0.717, 1.165) is 5.69 Å². The Bertz CT molecular complexity index is 714. The highest BCUT2D eigenvalue weighted by atomic mass is 14.5. The molecule has 1 heteroatoms. The van der Waals surface area contributed by atoms with Crippen LogP contribution in [-0.2, 0) is 0 Å². The first kappa shape index (κ1) is 10.8. The first-order valence-electron chi connectivity index (χ1n) is 6.09. The third-order valence-corrected chi connectivity index (χ3v) is 3.32. The van der Waals surface area contributed by atoms with E-state index in [0.29, 0.717) is 0 Å². The van der Waals surface area contributed by atoms with Gasteiger partial charge in [-0.25, -0.2) is 0 Å². The van der Waals surface area contributed by atoms with E-state index in [1.807, 2.05) is 12.1 Å². The molecule has 0 amide bonds. The zero-order chi connectivity index (χ0) is 12.5. The molecule has 0 fully saturated rings. The summed E-state index contributed by atoms with van der Waals surface area (Å²) in [5, 5.41) is 2.41. The predicted octanol–water partition coefficient (Wildman–Crippen LogP) is 4.40. The molecule has 0 atom stereocenters. The third-order valence-electron chi connectivity index (χ3n) is 3.32. The third kappa shape index (κ3) is 1.84. The highest BCUT2D eigenvalue weighted by Gasteiger charge is 2.02. The van der Waals surface area contributed by atoms with Gasteiger partial charge in [0, 0.05) is 5.69 Å². The number of nitrogen functional groups attached to an aromatic ring is 1. The van der Waals surface area contributed by atoms with Crippen molar-refractivity contribution in [3.05, 3.63) is 66.2 Å². The molecule has 0 saturated carbocycles. The molecule has 3 rings (SSSR count). The highest BCUT2D eigenvalue weighted by Crippen LogP contribution is 2.27. The molecule has 1 nitrogen and oxygen atoms in total. The second kappa shape index (κ2) is 4.19. The van der Waals surface area contributed by atoms with E-state index >= 15 is 0 Å². The molecule has 18 heavy (non-hydrogen) atoms. The maximum atomic E-state index is 5.80. The molecule has 0 aliphatic heterocycles. The van der Waals surface area contributed by atoms with E-state index in [1.54, 1.807) is 0 Å². The number of benzene rings is 3. The molecule has 0 aliphatic carbocycles. The van der Waals surface area contributed by atoms with Crippen LogP contribution < -0.4 is 5.73 Å². The number of anilines is 1. The molecule has 0 spiro atoms. The smallest absolute Gasteiger partial charge is 0.0320 e. The van der Waals surface area contributed by atoms with Crippen LogP contribution in [0.4, 0.5) is 5.69 Å². The van der Waals surface area contributed by atoms with Gasteiger partial charge in [-0.1, -0.05) is 42.5 Å². The number of nitrogens with two attached hydrogens (primary N) is 1. The van der Waals surface area contributed by atoms with Crippen molar-refractivity contribution in [1.29, 1.82) is 0 Å². The lowest BCUT2D eigenvalue weighted by atomic mass is 9.98. The summed E-state index contributed by atoms with van der Waals surface area (Å²) in [6.45, 7) is 2.14. The van der Waals surface area contributed by atoms with Crippen molar-refractivity contribution in [2.24, 2.45) is 0 Å². The molecule has 0 unspecified atom stereocenters. The van der Waals surface area contributed by atoms with Gasteiger partial charge in [-0.15, -0.1) is 0 Å². The van der Waals surface area contributed by atoms with Crippen LogP contribution in [0.1, 0.15) is 5.56 Å². The monoisotopic (exact) mass is 233 g/mol. The molecule has 0 bridgehead atoms. The Morgan fingerprint density at radius 2 is 1.50 bits per heavy atom. The molecular weight excluding hydrogens is 218 g/mol. The predicted molar refractivity (Wildman–Crippen MR) is 78.5 cm³/mol. The summed E-state index contributed by atoms with van der Waals surface area (Å²) in [6.07, 6.45) is 0. The largest absolute Gasteiger partial charge is 0.399 e. The molecule has 3 aromatic carbocycles. The van der Waals surface area contributed by atoms with Gasteiger partial charge >= 0.3 is 0 Å². The summed E-state index contributed by atoms with van der Waals surface area (Å²) in [7, 11) is 0. The maximum Gasteiger partial charge on any atom is 0.0320 e. The van der Waals surface area contributed by atoms with Crippen molar-refractivity contribution < 1.29 is 0 Å². The summed E-state index contributed by atoms with van der Waals surface area (Å²) in [4.78, 5) is 0. The fourth-order valence-electron chi connectivity index (χ4n) is 2.33. The van der Waals surface area contributed by atoms with Crippen LogP contribution in [0.15, 0.2) is 60.7 Å². The molecular formula is C17H15N. The van der Waals surface area contributed by atoms with Crippen LogP contribution in [0.2, 0.25) is 0 Å². The van der Waals surface area contributed by atoms with Crippen molar-refractivity contribution in [3.63, 3.8) is 0 Å². The molecule has 0 aromatic heterocycles. The van der Waals surface area contributed by atoms with Gasteiger partial charge in [0.25, 0.3) is 0 Å². The minimum Gasteiger partial charge on any atom is -0.399 e. The van der Waals surface area contributed by atoms with Crippen LogP contribution >= 0.6 is 0 Å². The van der Waals surface area contributed by atoms with Crippen molar-refractivity contribution in [2.75, 3.05) is 5.73 Å². The van der Waals surface area contributed by atoms with Gasteiger partial charge in [0.15, 0.2) is 0 Å². The number of fused-ring (bicyclic) bond motifs is 1. The van der Waals surface area contributed by atoms with Crippen LogP contribution in [0.25, 0.3) is 21.9 Å². The topological polar surface area (TPSA) is 26.0 Å². The first-order valence-corrected chi connectivity index (χ1v) is 6.09. The van der Waals surface area contributed by atoms with Crippen LogP contribution in [0.5, 0.6) is 0 Å². The van der Waals surface area contributed by atoms with Gasteiger partial charge < -0.3 is 5.73 Å². The summed E-state index contributed by atoms with van der Waals surface area (Å²) >= 11 is 0. The quantitative estimate of drug-likeness (QED) is 0.619.